The number of carbonyl (C=O) groups excluding carboxylic acids is 3. The lowest BCUT2D eigenvalue weighted by Gasteiger charge is -2.37. The first-order chi connectivity index (χ1) is 17.9. The Morgan fingerprint density at radius 1 is 1.08 bits per heavy atom. The van der Waals surface area contributed by atoms with Gasteiger partial charge in [-0.3, -0.25) is 9.59 Å². The van der Waals surface area contributed by atoms with Crippen LogP contribution in [0.3, 0.4) is 0 Å². The molecule has 3 amide bonds. The van der Waals surface area contributed by atoms with Gasteiger partial charge in [-0.25, -0.2) is 4.79 Å². The number of thioether (sulfide) groups is 1. The number of amides is 3. The summed E-state index contributed by atoms with van der Waals surface area (Å²) in [7, 11) is 0. The molecule has 2 unspecified atom stereocenters. The second kappa shape index (κ2) is 13.9. The zero-order valence-electron chi connectivity index (χ0n) is 23.3. The second-order valence-electron chi connectivity index (χ2n) is 10.3. The fourth-order valence-electron chi connectivity index (χ4n) is 4.00. The van der Waals surface area contributed by atoms with Gasteiger partial charge in [-0.15, -0.1) is 6.42 Å². The molecule has 0 saturated carbocycles. The smallest absolute Gasteiger partial charge is 0.408 e. The van der Waals surface area contributed by atoms with Gasteiger partial charge in [0.2, 0.25) is 5.91 Å². The Bertz CT molecular complexity index is 1170. The number of carbonyl (C=O) groups is 3. The molecule has 0 spiro atoms. The number of rotatable bonds is 10. The van der Waals surface area contributed by atoms with Gasteiger partial charge < -0.3 is 20.3 Å². The number of anilines is 1. The third-order valence-electron chi connectivity index (χ3n) is 5.75. The van der Waals surface area contributed by atoms with Crippen LogP contribution < -0.4 is 10.6 Å². The number of alkyl carbamates (subject to hydrolysis) is 1. The maximum atomic E-state index is 14.1. The van der Waals surface area contributed by atoms with E-state index in [1.54, 1.807) is 56.8 Å². The van der Waals surface area contributed by atoms with Crippen LogP contribution >= 0.6 is 11.8 Å². The lowest BCUT2D eigenvalue weighted by Crippen LogP contribution is -2.54. The number of hydrogen-bond donors (Lipinski definition) is 2. The molecule has 0 aliphatic heterocycles. The predicted octanol–water partition coefficient (Wildman–Crippen LogP) is 5.54. The Morgan fingerprint density at radius 2 is 1.71 bits per heavy atom. The van der Waals surface area contributed by atoms with Crippen molar-refractivity contribution in [2.75, 3.05) is 17.3 Å². The van der Waals surface area contributed by atoms with Gasteiger partial charge in [-0.2, -0.15) is 11.8 Å². The highest BCUT2D eigenvalue weighted by atomic mass is 32.2. The van der Waals surface area contributed by atoms with E-state index in [2.05, 4.69) is 16.6 Å². The van der Waals surface area contributed by atoms with Crippen molar-refractivity contribution in [3.8, 4) is 12.3 Å². The van der Waals surface area contributed by atoms with Crippen molar-refractivity contribution in [1.29, 1.82) is 0 Å². The largest absolute Gasteiger partial charge is 0.444 e. The molecule has 2 aromatic rings. The van der Waals surface area contributed by atoms with Crippen molar-refractivity contribution in [2.45, 2.75) is 71.7 Å². The van der Waals surface area contributed by atoms with Crippen LogP contribution in [-0.4, -0.2) is 52.5 Å². The lowest BCUT2D eigenvalue weighted by atomic mass is 9.96. The fourth-order valence-corrected chi connectivity index (χ4v) is 4.47. The van der Waals surface area contributed by atoms with E-state index >= 15 is 0 Å². The lowest BCUT2D eigenvalue weighted by molar-refractivity contribution is -0.143. The molecule has 7 nitrogen and oxygen atoms in total. The summed E-state index contributed by atoms with van der Waals surface area (Å²) >= 11 is 1.56. The average Bonchev–Trinajstić information content (AvgIpc) is 2.84. The molecule has 2 aromatic carbocycles. The van der Waals surface area contributed by atoms with E-state index in [1.807, 2.05) is 51.3 Å². The number of para-hydroxylation sites is 1. The molecule has 0 aliphatic rings. The molecular weight excluding hydrogens is 498 g/mol. The standard InChI is InChI=1S/C30H39N3O4S/c1-9-22-15-11-12-16-23(22)26(27(34)31-24-17-13-10-14-21(24)4)33(20(2)3)28(35)25(18-19-38-8)32-29(36)37-30(5,6)7/h1,10-17,20,25-26H,18-19H2,2-8H3,(H,31,34)(H,32,36). The van der Waals surface area contributed by atoms with E-state index in [4.69, 9.17) is 11.2 Å². The topological polar surface area (TPSA) is 87.7 Å². The summed E-state index contributed by atoms with van der Waals surface area (Å²) in [5, 5.41) is 5.73. The van der Waals surface area contributed by atoms with Crippen LogP contribution in [0.4, 0.5) is 10.5 Å². The molecular formula is C30H39N3O4S. The zero-order valence-corrected chi connectivity index (χ0v) is 24.1. The molecule has 2 N–H and O–H groups in total. The quantitative estimate of drug-likeness (QED) is 0.389. The Kier molecular flexibility index (Phi) is 11.3. The van der Waals surface area contributed by atoms with Crippen molar-refractivity contribution in [3.63, 3.8) is 0 Å². The van der Waals surface area contributed by atoms with Crippen LogP contribution in [0.5, 0.6) is 0 Å². The maximum Gasteiger partial charge on any atom is 0.408 e. The zero-order chi connectivity index (χ0) is 28.5. The molecule has 2 rings (SSSR count). The van der Waals surface area contributed by atoms with Crippen molar-refractivity contribution in [1.82, 2.24) is 10.2 Å². The molecule has 38 heavy (non-hydrogen) atoms. The summed E-state index contributed by atoms with van der Waals surface area (Å²) in [6, 6.07) is 12.2. The van der Waals surface area contributed by atoms with Crippen LogP contribution in [0.15, 0.2) is 48.5 Å². The van der Waals surface area contributed by atoms with E-state index in [0.717, 1.165) is 5.56 Å². The number of nitrogens with one attached hydrogen (secondary N) is 2. The van der Waals surface area contributed by atoms with E-state index < -0.39 is 41.6 Å². The van der Waals surface area contributed by atoms with Gasteiger partial charge in [0, 0.05) is 17.3 Å². The predicted molar refractivity (Wildman–Crippen MR) is 155 cm³/mol. The fraction of sp³-hybridized carbons (Fsp3) is 0.433. The summed E-state index contributed by atoms with van der Waals surface area (Å²) in [5.41, 5.74) is 1.84. The molecule has 204 valence electrons. The Hall–Kier alpha value is -3.44. The molecule has 0 bridgehead atoms. The van der Waals surface area contributed by atoms with Gasteiger partial charge in [0.15, 0.2) is 0 Å². The SMILES string of the molecule is C#Cc1ccccc1C(C(=O)Nc1ccccc1C)N(C(=O)C(CCSC)NC(=O)OC(C)(C)C)C(C)C. The number of aryl methyl sites for hydroxylation is 1. The second-order valence-corrected chi connectivity index (χ2v) is 11.2. The number of ether oxygens (including phenoxy) is 1. The van der Waals surface area contributed by atoms with Crippen LogP contribution in [-0.2, 0) is 14.3 Å². The van der Waals surface area contributed by atoms with Crippen LogP contribution in [0, 0.1) is 19.3 Å². The minimum atomic E-state index is -1.04. The van der Waals surface area contributed by atoms with Crippen molar-refractivity contribution >= 4 is 35.4 Å². The first-order valence-corrected chi connectivity index (χ1v) is 14.0. The molecule has 0 radical (unpaired) electrons. The highest BCUT2D eigenvalue weighted by molar-refractivity contribution is 7.98. The minimum Gasteiger partial charge on any atom is -0.444 e. The number of terminal acetylenes is 1. The summed E-state index contributed by atoms with van der Waals surface area (Å²) in [6.45, 7) is 10.8. The summed E-state index contributed by atoms with van der Waals surface area (Å²) < 4.78 is 5.43. The average molecular weight is 538 g/mol. The number of benzene rings is 2. The Balaban J connectivity index is 2.57. The van der Waals surface area contributed by atoms with E-state index in [9.17, 15) is 14.4 Å². The van der Waals surface area contributed by atoms with Crippen molar-refractivity contribution in [2.24, 2.45) is 0 Å². The third-order valence-corrected chi connectivity index (χ3v) is 6.39. The van der Waals surface area contributed by atoms with Gasteiger partial charge in [0.05, 0.1) is 0 Å². The highest BCUT2D eigenvalue weighted by Crippen LogP contribution is 2.29. The van der Waals surface area contributed by atoms with Gasteiger partial charge in [0.1, 0.15) is 17.7 Å². The van der Waals surface area contributed by atoms with E-state index in [0.29, 0.717) is 29.0 Å². The molecule has 0 heterocycles. The first-order valence-electron chi connectivity index (χ1n) is 12.6. The minimum absolute atomic E-state index is 0.366. The van der Waals surface area contributed by atoms with Gasteiger partial charge in [0.25, 0.3) is 5.91 Å². The molecule has 0 saturated heterocycles. The molecule has 0 fully saturated rings. The summed E-state index contributed by atoms with van der Waals surface area (Å²) in [5.74, 6) is 2.48. The summed E-state index contributed by atoms with van der Waals surface area (Å²) in [4.78, 5) is 42.3. The van der Waals surface area contributed by atoms with Gasteiger partial charge in [-0.05, 0) is 83.2 Å². The van der Waals surface area contributed by atoms with Crippen LogP contribution in [0.2, 0.25) is 0 Å². The number of hydrogen-bond acceptors (Lipinski definition) is 5. The summed E-state index contributed by atoms with van der Waals surface area (Å²) in [6.07, 6.45) is 7.41. The van der Waals surface area contributed by atoms with Gasteiger partial charge in [-0.1, -0.05) is 42.3 Å². The molecule has 8 heteroatoms. The van der Waals surface area contributed by atoms with E-state index in [-0.39, 0.29) is 0 Å². The molecule has 2 atom stereocenters. The van der Waals surface area contributed by atoms with E-state index in [1.165, 1.54) is 4.90 Å². The monoisotopic (exact) mass is 537 g/mol. The van der Waals surface area contributed by atoms with Crippen LogP contribution in [0.1, 0.15) is 63.8 Å². The van der Waals surface area contributed by atoms with Gasteiger partial charge >= 0.3 is 6.09 Å². The first kappa shape index (κ1) is 30.8. The van der Waals surface area contributed by atoms with Crippen molar-refractivity contribution in [3.05, 3.63) is 65.2 Å². The Labute approximate surface area is 231 Å². The number of nitrogens with zero attached hydrogens (tertiary/aromatic N) is 1. The highest BCUT2D eigenvalue weighted by Gasteiger charge is 2.38. The van der Waals surface area contributed by atoms with Crippen molar-refractivity contribution < 1.29 is 19.1 Å². The van der Waals surface area contributed by atoms with Crippen LogP contribution in [0.25, 0.3) is 0 Å². The molecule has 0 aliphatic carbocycles. The Morgan fingerprint density at radius 3 is 2.29 bits per heavy atom. The third kappa shape index (κ3) is 8.56. The molecule has 0 aromatic heterocycles. The normalized spacial score (nSPS) is 12.7. The maximum absolute atomic E-state index is 14.1.